The highest BCUT2D eigenvalue weighted by atomic mass is 32.2. The highest BCUT2D eigenvalue weighted by Gasteiger charge is 2.19. The summed E-state index contributed by atoms with van der Waals surface area (Å²) in [6, 6.07) is 7.46. The smallest absolute Gasteiger partial charge is 0.371 e. The van der Waals surface area contributed by atoms with Crippen LogP contribution >= 0.6 is 11.3 Å². The van der Waals surface area contributed by atoms with E-state index in [-0.39, 0.29) is 5.75 Å². The standard InChI is InChI=1S/C13H15NO3S2/c14-19(15,16)17-11-6-5-10-7-12(18-13(10)8-11)9-3-1-2-4-9/h5-9H,1-4H2,(H2,14,15,16). The molecule has 0 spiro atoms. The van der Waals surface area contributed by atoms with E-state index >= 15 is 0 Å². The van der Waals surface area contributed by atoms with Crippen LogP contribution < -0.4 is 9.32 Å². The molecular formula is C13H15NO3S2. The number of hydrogen-bond donors (Lipinski definition) is 1. The number of benzene rings is 1. The molecule has 1 aliphatic carbocycles. The van der Waals surface area contributed by atoms with Crippen LogP contribution in [0.5, 0.6) is 5.75 Å². The van der Waals surface area contributed by atoms with Gasteiger partial charge in [-0.3, -0.25) is 0 Å². The van der Waals surface area contributed by atoms with Gasteiger partial charge in [0.2, 0.25) is 0 Å². The number of fused-ring (bicyclic) bond motifs is 1. The third kappa shape index (κ3) is 2.91. The van der Waals surface area contributed by atoms with Crippen LogP contribution in [0.1, 0.15) is 36.5 Å². The van der Waals surface area contributed by atoms with Crippen molar-refractivity contribution < 1.29 is 12.6 Å². The zero-order valence-corrected chi connectivity index (χ0v) is 12.0. The van der Waals surface area contributed by atoms with Crippen molar-refractivity contribution in [2.24, 2.45) is 5.14 Å². The topological polar surface area (TPSA) is 69.4 Å². The molecule has 1 fully saturated rings. The van der Waals surface area contributed by atoms with Gasteiger partial charge in [0.15, 0.2) is 0 Å². The molecule has 0 atom stereocenters. The second kappa shape index (κ2) is 4.77. The summed E-state index contributed by atoms with van der Waals surface area (Å²) < 4.78 is 27.6. The molecular weight excluding hydrogens is 282 g/mol. The lowest BCUT2D eigenvalue weighted by Gasteiger charge is -2.03. The van der Waals surface area contributed by atoms with Gasteiger partial charge >= 0.3 is 10.3 Å². The van der Waals surface area contributed by atoms with Crippen molar-refractivity contribution in [1.82, 2.24) is 0 Å². The molecule has 1 aromatic heterocycles. The Morgan fingerprint density at radius 3 is 2.63 bits per heavy atom. The van der Waals surface area contributed by atoms with Gasteiger partial charge in [-0.2, -0.15) is 13.6 Å². The Morgan fingerprint density at radius 1 is 1.21 bits per heavy atom. The van der Waals surface area contributed by atoms with E-state index in [9.17, 15) is 8.42 Å². The molecule has 0 amide bonds. The van der Waals surface area contributed by atoms with Crippen LogP contribution in [0.4, 0.5) is 0 Å². The van der Waals surface area contributed by atoms with E-state index in [2.05, 4.69) is 6.07 Å². The van der Waals surface area contributed by atoms with Gasteiger partial charge in [-0.15, -0.1) is 11.3 Å². The molecule has 102 valence electrons. The maximum Gasteiger partial charge on any atom is 0.380 e. The van der Waals surface area contributed by atoms with Crippen LogP contribution in [0.15, 0.2) is 24.3 Å². The highest BCUT2D eigenvalue weighted by molar-refractivity contribution is 7.84. The van der Waals surface area contributed by atoms with E-state index < -0.39 is 10.3 Å². The van der Waals surface area contributed by atoms with Gasteiger partial charge in [-0.05, 0) is 48.4 Å². The Hall–Kier alpha value is -1.11. The first-order valence-electron chi connectivity index (χ1n) is 6.27. The second-order valence-corrected chi connectivity index (χ2v) is 7.17. The van der Waals surface area contributed by atoms with Crippen LogP contribution in [-0.2, 0) is 10.3 Å². The Labute approximate surface area is 116 Å². The molecule has 2 aromatic rings. The molecule has 1 saturated carbocycles. The van der Waals surface area contributed by atoms with Crippen LogP contribution in [0, 0.1) is 0 Å². The highest BCUT2D eigenvalue weighted by Crippen LogP contribution is 2.40. The molecule has 0 aliphatic heterocycles. The lowest BCUT2D eigenvalue weighted by molar-refractivity contribution is 0.488. The van der Waals surface area contributed by atoms with Crippen LogP contribution in [0.2, 0.25) is 0 Å². The van der Waals surface area contributed by atoms with E-state index in [4.69, 9.17) is 9.32 Å². The van der Waals surface area contributed by atoms with Gasteiger partial charge < -0.3 is 4.18 Å². The maximum atomic E-state index is 10.9. The van der Waals surface area contributed by atoms with Crippen molar-refractivity contribution in [3.63, 3.8) is 0 Å². The van der Waals surface area contributed by atoms with Crippen molar-refractivity contribution in [3.05, 3.63) is 29.1 Å². The fraction of sp³-hybridized carbons (Fsp3) is 0.385. The van der Waals surface area contributed by atoms with Crippen molar-refractivity contribution in [2.45, 2.75) is 31.6 Å². The van der Waals surface area contributed by atoms with Crippen LogP contribution in [-0.4, -0.2) is 8.42 Å². The molecule has 1 aliphatic rings. The van der Waals surface area contributed by atoms with Gasteiger partial charge in [-0.1, -0.05) is 12.8 Å². The Bertz CT molecular complexity index is 700. The summed E-state index contributed by atoms with van der Waals surface area (Å²) in [6.07, 6.45) is 5.12. The minimum atomic E-state index is -3.95. The summed E-state index contributed by atoms with van der Waals surface area (Å²) >= 11 is 1.72. The largest absolute Gasteiger partial charge is 0.380 e. The van der Waals surface area contributed by atoms with Crippen molar-refractivity contribution in [3.8, 4) is 5.75 Å². The van der Waals surface area contributed by atoms with Gasteiger partial charge in [0.25, 0.3) is 0 Å². The van der Waals surface area contributed by atoms with Crippen molar-refractivity contribution >= 4 is 31.7 Å². The predicted octanol–water partition coefficient (Wildman–Crippen LogP) is 3.14. The summed E-state index contributed by atoms with van der Waals surface area (Å²) in [7, 11) is -3.95. The predicted molar refractivity (Wildman–Crippen MR) is 76.8 cm³/mol. The second-order valence-electron chi connectivity index (χ2n) is 4.91. The molecule has 19 heavy (non-hydrogen) atoms. The normalized spacial score (nSPS) is 17.1. The molecule has 0 saturated heterocycles. The summed E-state index contributed by atoms with van der Waals surface area (Å²) in [4.78, 5) is 1.39. The number of nitrogens with two attached hydrogens (primary N) is 1. The zero-order chi connectivity index (χ0) is 13.5. The summed E-state index contributed by atoms with van der Waals surface area (Å²) in [5, 5.41) is 6.00. The lowest BCUT2D eigenvalue weighted by Crippen LogP contribution is -2.18. The van der Waals surface area contributed by atoms with Crippen LogP contribution in [0.3, 0.4) is 0 Å². The SMILES string of the molecule is NS(=O)(=O)Oc1ccc2cc(C3CCCC3)sc2c1. The third-order valence-corrected chi connectivity index (χ3v) is 5.17. The van der Waals surface area contributed by atoms with Crippen molar-refractivity contribution in [1.29, 1.82) is 0 Å². The fourth-order valence-electron chi connectivity index (χ4n) is 2.63. The first-order valence-corrected chi connectivity index (χ1v) is 8.56. The molecule has 4 nitrogen and oxygen atoms in total. The van der Waals surface area contributed by atoms with Gasteiger partial charge in [-0.25, -0.2) is 0 Å². The molecule has 2 N–H and O–H groups in total. The average Bonchev–Trinajstić information content (AvgIpc) is 2.94. The Kier molecular flexibility index (Phi) is 3.24. The first-order chi connectivity index (χ1) is 9.01. The molecule has 1 aromatic carbocycles. The number of thiophene rings is 1. The van der Waals surface area contributed by atoms with Gasteiger partial charge in [0.1, 0.15) is 5.75 Å². The minimum Gasteiger partial charge on any atom is -0.371 e. The molecule has 0 unspecified atom stereocenters. The lowest BCUT2D eigenvalue weighted by atomic mass is 10.1. The Morgan fingerprint density at radius 2 is 1.95 bits per heavy atom. The average molecular weight is 297 g/mol. The van der Waals surface area contributed by atoms with Gasteiger partial charge in [0.05, 0.1) is 0 Å². The summed E-state index contributed by atoms with van der Waals surface area (Å²) in [5.74, 6) is 0.940. The first kappa shape index (κ1) is 12.9. The Balaban J connectivity index is 1.94. The van der Waals surface area contributed by atoms with E-state index in [0.717, 1.165) is 10.1 Å². The van der Waals surface area contributed by atoms with E-state index in [1.165, 1.54) is 30.6 Å². The van der Waals surface area contributed by atoms with Gasteiger partial charge in [0, 0.05) is 9.58 Å². The van der Waals surface area contributed by atoms with E-state index in [1.807, 2.05) is 6.07 Å². The quantitative estimate of drug-likeness (QED) is 0.946. The fourth-order valence-corrected chi connectivity index (χ4v) is 4.26. The third-order valence-electron chi connectivity index (χ3n) is 3.48. The minimum absolute atomic E-state index is 0.273. The maximum absolute atomic E-state index is 10.9. The molecule has 3 rings (SSSR count). The summed E-state index contributed by atoms with van der Waals surface area (Å²) in [5.41, 5.74) is 0. The summed E-state index contributed by atoms with van der Waals surface area (Å²) in [6.45, 7) is 0. The molecule has 6 heteroatoms. The van der Waals surface area contributed by atoms with E-state index in [1.54, 1.807) is 23.5 Å². The number of rotatable bonds is 3. The van der Waals surface area contributed by atoms with Crippen molar-refractivity contribution in [2.75, 3.05) is 0 Å². The molecule has 0 radical (unpaired) electrons. The van der Waals surface area contributed by atoms with E-state index in [0.29, 0.717) is 5.92 Å². The number of hydrogen-bond acceptors (Lipinski definition) is 4. The van der Waals surface area contributed by atoms with Crippen LogP contribution in [0.25, 0.3) is 10.1 Å². The zero-order valence-electron chi connectivity index (χ0n) is 10.3. The molecule has 1 heterocycles. The monoisotopic (exact) mass is 297 g/mol. The molecule has 0 bridgehead atoms.